The molecular weight excluding hydrogens is 406 g/mol. The van der Waals surface area contributed by atoms with Gasteiger partial charge in [-0.25, -0.2) is 17.9 Å². The van der Waals surface area contributed by atoms with Crippen molar-refractivity contribution in [2.75, 3.05) is 46.0 Å². The summed E-state index contributed by atoms with van der Waals surface area (Å²) < 4.78 is 31.2. The molecule has 1 saturated heterocycles. The third kappa shape index (κ3) is 9.97. The first-order valence-electron chi connectivity index (χ1n) is 10.6. The quantitative estimate of drug-likeness (QED) is 0.456. The zero-order valence-electron chi connectivity index (χ0n) is 19.9. The molecule has 0 aromatic heterocycles. The normalized spacial score (nSPS) is 17.1. The van der Waals surface area contributed by atoms with Gasteiger partial charge in [0.05, 0.1) is 6.26 Å². The van der Waals surface area contributed by atoms with Gasteiger partial charge in [0.1, 0.15) is 5.60 Å². The number of aliphatic imine (C=N–C) groups is 1. The second-order valence-corrected chi connectivity index (χ2v) is 11.4. The standard InChI is InChI=1S/C20H41N5O4S/c1-9-24(18(26)29-19(2,3)4)14-16-10-12-25(13-11-16)17(21-7)22-15-20(5,6)23-30(8,27)28/h16,23H,9-15H2,1-8H3,(H,21,22). The Morgan fingerprint density at radius 3 is 2.20 bits per heavy atom. The number of piperidine rings is 1. The molecule has 9 nitrogen and oxygen atoms in total. The molecule has 1 fully saturated rings. The van der Waals surface area contributed by atoms with Crippen molar-refractivity contribution < 1.29 is 17.9 Å². The molecule has 30 heavy (non-hydrogen) atoms. The Bertz CT molecular complexity index is 692. The smallest absolute Gasteiger partial charge is 0.410 e. The predicted molar refractivity (Wildman–Crippen MR) is 121 cm³/mol. The minimum absolute atomic E-state index is 0.259. The van der Waals surface area contributed by atoms with Crippen molar-refractivity contribution in [2.45, 2.75) is 65.5 Å². The fourth-order valence-corrected chi connectivity index (χ4v) is 4.54. The molecule has 1 rings (SSSR count). The van der Waals surface area contributed by atoms with Crippen molar-refractivity contribution in [1.29, 1.82) is 0 Å². The summed E-state index contributed by atoms with van der Waals surface area (Å²) in [6.45, 7) is 14.7. The lowest BCUT2D eigenvalue weighted by Crippen LogP contribution is -2.54. The highest BCUT2D eigenvalue weighted by atomic mass is 32.2. The Hall–Kier alpha value is -1.55. The lowest BCUT2D eigenvalue weighted by atomic mass is 9.96. The minimum atomic E-state index is -3.29. The lowest BCUT2D eigenvalue weighted by molar-refractivity contribution is 0.0214. The number of guanidine groups is 1. The number of hydrogen-bond donors (Lipinski definition) is 2. The molecule has 1 aliphatic rings. The van der Waals surface area contributed by atoms with Crippen molar-refractivity contribution in [1.82, 2.24) is 19.8 Å². The molecule has 0 aromatic rings. The predicted octanol–water partition coefficient (Wildman–Crippen LogP) is 1.86. The highest BCUT2D eigenvalue weighted by molar-refractivity contribution is 7.88. The maximum atomic E-state index is 12.4. The van der Waals surface area contributed by atoms with E-state index in [1.807, 2.05) is 41.5 Å². The lowest BCUT2D eigenvalue weighted by Gasteiger charge is -2.37. The zero-order chi connectivity index (χ0) is 23.2. The molecule has 1 amide bonds. The van der Waals surface area contributed by atoms with E-state index >= 15 is 0 Å². The van der Waals surface area contributed by atoms with Crippen molar-refractivity contribution in [3.63, 3.8) is 0 Å². The topological polar surface area (TPSA) is 103 Å². The van der Waals surface area contributed by atoms with E-state index in [4.69, 9.17) is 4.74 Å². The van der Waals surface area contributed by atoms with Crippen LogP contribution in [0, 0.1) is 5.92 Å². The van der Waals surface area contributed by atoms with E-state index in [2.05, 4.69) is 19.9 Å². The summed E-state index contributed by atoms with van der Waals surface area (Å²) in [5.74, 6) is 1.17. The van der Waals surface area contributed by atoms with E-state index in [0.717, 1.165) is 38.1 Å². The summed E-state index contributed by atoms with van der Waals surface area (Å²) >= 11 is 0. The monoisotopic (exact) mass is 447 g/mol. The molecule has 0 spiro atoms. The number of likely N-dealkylation sites (tertiary alicyclic amines) is 1. The van der Waals surface area contributed by atoms with Gasteiger partial charge in [0.15, 0.2) is 5.96 Å². The summed E-state index contributed by atoms with van der Waals surface area (Å²) in [5, 5.41) is 3.28. The number of ether oxygens (including phenoxy) is 1. The first-order chi connectivity index (χ1) is 13.7. The number of carbonyl (C=O) groups excluding carboxylic acids is 1. The van der Waals surface area contributed by atoms with Gasteiger partial charge >= 0.3 is 6.09 Å². The fraction of sp³-hybridized carbons (Fsp3) is 0.900. The van der Waals surface area contributed by atoms with Crippen LogP contribution in [0.5, 0.6) is 0 Å². The molecule has 0 unspecified atom stereocenters. The average molecular weight is 448 g/mol. The average Bonchev–Trinajstić information content (AvgIpc) is 2.57. The van der Waals surface area contributed by atoms with Crippen LogP contribution in [0.15, 0.2) is 4.99 Å². The van der Waals surface area contributed by atoms with Gasteiger partial charge in [0, 0.05) is 45.3 Å². The number of amides is 1. The van der Waals surface area contributed by atoms with Gasteiger partial charge < -0.3 is 19.9 Å². The molecule has 1 aliphatic heterocycles. The maximum absolute atomic E-state index is 12.4. The summed E-state index contributed by atoms with van der Waals surface area (Å²) in [6, 6.07) is 0. The molecule has 2 N–H and O–H groups in total. The molecule has 0 aliphatic carbocycles. The van der Waals surface area contributed by atoms with Gasteiger partial charge in [0.25, 0.3) is 0 Å². The first-order valence-corrected chi connectivity index (χ1v) is 12.5. The molecule has 0 radical (unpaired) electrons. The number of carbonyl (C=O) groups is 1. The van der Waals surface area contributed by atoms with Crippen molar-refractivity contribution in [2.24, 2.45) is 10.9 Å². The van der Waals surface area contributed by atoms with Crippen LogP contribution >= 0.6 is 0 Å². The Balaban J connectivity index is 2.56. The fourth-order valence-electron chi connectivity index (χ4n) is 3.47. The van der Waals surface area contributed by atoms with Crippen molar-refractivity contribution in [3.05, 3.63) is 0 Å². The van der Waals surface area contributed by atoms with E-state index in [0.29, 0.717) is 25.6 Å². The Kier molecular flexibility index (Phi) is 9.41. The largest absolute Gasteiger partial charge is 0.444 e. The van der Waals surface area contributed by atoms with E-state index in [9.17, 15) is 13.2 Å². The van der Waals surface area contributed by atoms with Crippen LogP contribution in [0.2, 0.25) is 0 Å². The van der Waals surface area contributed by atoms with Gasteiger partial charge in [-0.1, -0.05) is 0 Å². The highest BCUT2D eigenvalue weighted by Crippen LogP contribution is 2.20. The number of nitrogens with zero attached hydrogens (tertiary/aromatic N) is 3. The molecule has 0 bridgehead atoms. The van der Waals surface area contributed by atoms with Crippen molar-refractivity contribution >= 4 is 22.1 Å². The molecular formula is C20H41N5O4S. The van der Waals surface area contributed by atoms with Gasteiger partial charge in [-0.05, 0) is 60.3 Å². The second kappa shape index (κ2) is 10.7. The van der Waals surface area contributed by atoms with E-state index < -0.39 is 21.2 Å². The van der Waals surface area contributed by atoms with Crippen LogP contribution in [0.1, 0.15) is 54.4 Å². The SMILES string of the molecule is CCN(CC1CCN(C(=NC)NCC(C)(C)NS(C)(=O)=O)CC1)C(=O)OC(C)(C)C. The molecule has 10 heteroatoms. The molecule has 0 atom stereocenters. The van der Waals surface area contributed by atoms with Gasteiger partial charge in [-0.2, -0.15) is 0 Å². The summed E-state index contributed by atoms with van der Waals surface area (Å²) in [7, 11) is -1.56. The van der Waals surface area contributed by atoms with E-state index in [-0.39, 0.29) is 6.09 Å². The summed E-state index contributed by atoms with van der Waals surface area (Å²) in [6.07, 6.45) is 2.80. The van der Waals surface area contributed by atoms with Crippen molar-refractivity contribution in [3.8, 4) is 0 Å². The second-order valence-electron chi connectivity index (χ2n) is 9.61. The van der Waals surface area contributed by atoms with Gasteiger partial charge in [-0.3, -0.25) is 4.99 Å². The third-order valence-corrected chi connectivity index (χ3v) is 5.71. The molecule has 0 aromatic carbocycles. The van der Waals surface area contributed by atoms with Crippen LogP contribution in [0.4, 0.5) is 4.79 Å². The molecule has 1 heterocycles. The summed E-state index contributed by atoms with van der Waals surface area (Å²) in [4.78, 5) is 20.7. The minimum Gasteiger partial charge on any atom is -0.444 e. The molecule has 176 valence electrons. The van der Waals surface area contributed by atoms with Crippen LogP contribution in [0.3, 0.4) is 0 Å². The van der Waals surface area contributed by atoms with Gasteiger partial charge in [-0.15, -0.1) is 0 Å². The Morgan fingerprint density at radius 2 is 1.77 bits per heavy atom. The maximum Gasteiger partial charge on any atom is 0.410 e. The van der Waals surface area contributed by atoms with Crippen LogP contribution < -0.4 is 10.0 Å². The van der Waals surface area contributed by atoms with Crippen LogP contribution in [0.25, 0.3) is 0 Å². The Morgan fingerprint density at radius 1 is 1.20 bits per heavy atom. The zero-order valence-corrected chi connectivity index (χ0v) is 20.7. The van der Waals surface area contributed by atoms with Crippen LogP contribution in [-0.4, -0.2) is 87.4 Å². The molecule has 0 saturated carbocycles. The van der Waals surface area contributed by atoms with Gasteiger partial charge in [0.2, 0.25) is 10.0 Å². The number of sulfonamides is 1. The van der Waals surface area contributed by atoms with Crippen LogP contribution in [-0.2, 0) is 14.8 Å². The summed E-state index contributed by atoms with van der Waals surface area (Å²) in [5.41, 5.74) is -1.12. The highest BCUT2D eigenvalue weighted by Gasteiger charge is 2.28. The number of hydrogen-bond acceptors (Lipinski definition) is 5. The number of nitrogens with one attached hydrogen (secondary N) is 2. The third-order valence-electron chi connectivity index (χ3n) is 4.79. The van der Waals surface area contributed by atoms with E-state index in [1.54, 1.807) is 11.9 Å². The Labute approximate surface area is 182 Å². The number of rotatable bonds is 7. The first kappa shape index (κ1) is 26.5. The van der Waals surface area contributed by atoms with E-state index in [1.165, 1.54) is 0 Å².